The Labute approximate surface area is 150 Å². The first-order valence-corrected chi connectivity index (χ1v) is 10.2. The van der Waals surface area contributed by atoms with Crippen LogP contribution in [-0.4, -0.2) is 41.9 Å². The highest BCUT2D eigenvalue weighted by Gasteiger charge is 2.27. The second kappa shape index (κ2) is 7.32. The van der Waals surface area contributed by atoms with Gasteiger partial charge in [0.1, 0.15) is 4.90 Å². The van der Waals surface area contributed by atoms with Crippen LogP contribution in [0.15, 0.2) is 35.1 Å². The average molecular weight is 378 g/mol. The number of sulfonamides is 1. The molecule has 3 rings (SSSR count). The van der Waals surface area contributed by atoms with Crippen LogP contribution in [0.4, 0.5) is 5.82 Å². The van der Waals surface area contributed by atoms with Crippen molar-refractivity contribution >= 4 is 39.4 Å². The van der Waals surface area contributed by atoms with Crippen LogP contribution in [0.5, 0.6) is 0 Å². The molecule has 0 spiro atoms. The standard InChI is InChI=1S/C16H18N4O3S2/c1-2-12-6-7-13(16(21)20-8-4-3-5-9-20)14(10-12)25(22,23)18-15-11-24-19-17-15/h2,6-7,10-11,18H,1,3-5,8-9H2. The van der Waals surface area contributed by atoms with Gasteiger partial charge in [0.2, 0.25) is 0 Å². The Morgan fingerprint density at radius 3 is 2.68 bits per heavy atom. The van der Waals surface area contributed by atoms with Crippen molar-refractivity contribution in [2.45, 2.75) is 24.2 Å². The maximum atomic E-state index is 12.9. The predicted octanol–water partition coefficient (Wildman–Crippen LogP) is 2.61. The summed E-state index contributed by atoms with van der Waals surface area (Å²) in [6, 6.07) is 4.68. The number of piperidine rings is 1. The second-order valence-electron chi connectivity index (χ2n) is 5.71. The molecule has 1 N–H and O–H groups in total. The molecule has 1 aliphatic heterocycles. The predicted molar refractivity (Wildman–Crippen MR) is 97.0 cm³/mol. The van der Waals surface area contributed by atoms with Gasteiger partial charge in [-0.15, -0.1) is 5.10 Å². The third kappa shape index (κ3) is 3.88. The van der Waals surface area contributed by atoms with Gasteiger partial charge in [0.05, 0.1) is 10.9 Å². The molecule has 25 heavy (non-hydrogen) atoms. The fraction of sp³-hybridized carbons (Fsp3) is 0.312. The topological polar surface area (TPSA) is 92.3 Å². The van der Waals surface area contributed by atoms with E-state index >= 15 is 0 Å². The first kappa shape index (κ1) is 17.6. The van der Waals surface area contributed by atoms with Crippen molar-refractivity contribution in [3.8, 4) is 0 Å². The van der Waals surface area contributed by atoms with Gasteiger partial charge in [-0.2, -0.15) is 0 Å². The van der Waals surface area contributed by atoms with E-state index in [0.717, 1.165) is 30.8 Å². The van der Waals surface area contributed by atoms with Crippen LogP contribution < -0.4 is 4.72 Å². The molecule has 0 aliphatic carbocycles. The summed E-state index contributed by atoms with van der Waals surface area (Å²) >= 11 is 1.04. The number of rotatable bonds is 5. The maximum Gasteiger partial charge on any atom is 0.263 e. The van der Waals surface area contributed by atoms with Crippen molar-refractivity contribution in [1.82, 2.24) is 14.5 Å². The van der Waals surface area contributed by atoms with Crippen molar-refractivity contribution in [3.05, 3.63) is 41.3 Å². The van der Waals surface area contributed by atoms with Crippen LogP contribution >= 0.6 is 11.5 Å². The number of aromatic nitrogens is 2. The van der Waals surface area contributed by atoms with Crippen LogP contribution in [0.2, 0.25) is 0 Å². The highest BCUT2D eigenvalue weighted by Crippen LogP contribution is 2.24. The van der Waals surface area contributed by atoms with Crippen LogP contribution in [0.25, 0.3) is 6.08 Å². The van der Waals surface area contributed by atoms with Crippen molar-refractivity contribution in [2.24, 2.45) is 0 Å². The quantitative estimate of drug-likeness (QED) is 0.863. The van der Waals surface area contributed by atoms with E-state index < -0.39 is 10.0 Å². The monoisotopic (exact) mass is 378 g/mol. The first-order chi connectivity index (χ1) is 12.0. The van der Waals surface area contributed by atoms with E-state index in [0.29, 0.717) is 18.7 Å². The molecule has 2 heterocycles. The summed E-state index contributed by atoms with van der Waals surface area (Å²) in [6.45, 7) is 4.95. The minimum atomic E-state index is -3.97. The number of amides is 1. The zero-order valence-corrected chi connectivity index (χ0v) is 15.1. The Balaban J connectivity index is 2.01. The van der Waals surface area contributed by atoms with Crippen LogP contribution in [0.3, 0.4) is 0 Å². The van der Waals surface area contributed by atoms with Gasteiger partial charge in [-0.1, -0.05) is 23.2 Å². The summed E-state index contributed by atoms with van der Waals surface area (Å²) in [6.07, 6.45) is 4.49. The van der Waals surface area contributed by atoms with Crippen LogP contribution in [0, 0.1) is 0 Å². The molecule has 2 aromatic rings. The summed E-state index contributed by atoms with van der Waals surface area (Å²) in [4.78, 5) is 14.5. The van der Waals surface area contributed by atoms with E-state index in [1.165, 1.54) is 11.4 Å². The summed E-state index contributed by atoms with van der Waals surface area (Å²) in [5, 5.41) is 5.18. The first-order valence-electron chi connectivity index (χ1n) is 7.87. The normalized spacial score (nSPS) is 15.0. The smallest absolute Gasteiger partial charge is 0.263 e. The Hall–Kier alpha value is -2.26. The number of carbonyl (C=O) groups is 1. The van der Waals surface area contributed by atoms with E-state index in [1.807, 2.05) is 0 Å². The molecular weight excluding hydrogens is 360 g/mol. The molecule has 1 aromatic carbocycles. The van der Waals surface area contributed by atoms with Gasteiger partial charge in [0, 0.05) is 13.1 Å². The average Bonchev–Trinajstić information content (AvgIpc) is 3.13. The van der Waals surface area contributed by atoms with Gasteiger partial charge in [-0.25, -0.2) is 8.42 Å². The largest absolute Gasteiger partial charge is 0.339 e. The molecule has 1 aromatic heterocycles. The van der Waals surface area contributed by atoms with Crippen molar-refractivity contribution < 1.29 is 13.2 Å². The summed E-state index contributed by atoms with van der Waals surface area (Å²) in [7, 11) is -3.97. The molecule has 7 nitrogen and oxygen atoms in total. The third-order valence-electron chi connectivity index (χ3n) is 4.00. The Morgan fingerprint density at radius 2 is 2.04 bits per heavy atom. The SMILES string of the molecule is C=Cc1ccc(C(=O)N2CCCCC2)c(S(=O)(=O)Nc2csnn2)c1. The highest BCUT2D eigenvalue weighted by molar-refractivity contribution is 7.92. The molecule has 132 valence electrons. The zero-order valence-electron chi connectivity index (χ0n) is 13.5. The molecule has 1 amide bonds. The van der Waals surface area contributed by atoms with Gasteiger partial charge in [-0.05, 0) is 48.5 Å². The molecule has 1 saturated heterocycles. The minimum Gasteiger partial charge on any atom is -0.339 e. The van der Waals surface area contributed by atoms with Gasteiger partial charge in [0.25, 0.3) is 15.9 Å². The van der Waals surface area contributed by atoms with Crippen LogP contribution in [-0.2, 0) is 10.0 Å². The molecule has 0 bridgehead atoms. The lowest BCUT2D eigenvalue weighted by Crippen LogP contribution is -2.36. The van der Waals surface area contributed by atoms with Gasteiger partial charge < -0.3 is 4.90 Å². The summed E-state index contributed by atoms with van der Waals surface area (Å²) < 4.78 is 31.6. The van der Waals surface area contributed by atoms with Gasteiger partial charge in [-0.3, -0.25) is 9.52 Å². The number of hydrogen-bond acceptors (Lipinski definition) is 6. The van der Waals surface area contributed by atoms with Gasteiger partial charge in [0.15, 0.2) is 5.82 Å². The molecule has 0 unspecified atom stereocenters. The van der Waals surface area contributed by atoms with Gasteiger partial charge >= 0.3 is 0 Å². The summed E-state index contributed by atoms with van der Waals surface area (Å²) in [5.41, 5.74) is 0.773. The van der Waals surface area contributed by atoms with Crippen molar-refractivity contribution in [1.29, 1.82) is 0 Å². The van der Waals surface area contributed by atoms with E-state index in [9.17, 15) is 13.2 Å². The summed E-state index contributed by atoms with van der Waals surface area (Å²) in [5.74, 6) is -0.141. The fourth-order valence-electron chi connectivity index (χ4n) is 2.73. The lowest BCUT2D eigenvalue weighted by Gasteiger charge is -2.27. The van der Waals surface area contributed by atoms with Crippen molar-refractivity contribution in [2.75, 3.05) is 17.8 Å². The number of anilines is 1. The van der Waals surface area contributed by atoms with Crippen LogP contribution in [0.1, 0.15) is 35.2 Å². The Morgan fingerprint density at radius 1 is 1.28 bits per heavy atom. The number of nitrogens with one attached hydrogen (secondary N) is 1. The lowest BCUT2D eigenvalue weighted by molar-refractivity contribution is 0.0720. The second-order valence-corrected chi connectivity index (χ2v) is 7.97. The van der Waals surface area contributed by atoms with E-state index in [1.54, 1.807) is 23.1 Å². The molecule has 0 saturated carbocycles. The maximum absolute atomic E-state index is 12.9. The molecule has 0 atom stereocenters. The molecule has 9 heteroatoms. The number of nitrogens with zero attached hydrogens (tertiary/aromatic N) is 3. The molecule has 1 aliphatic rings. The van der Waals surface area contributed by atoms with E-state index in [4.69, 9.17) is 0 Å². The number of carbonyl (C=O) groups excluding carboxylic acids is 1. The Kier molecular flexibility index (Phi) is 5.14. The Bertz CT molecular complexity index is 873. The highest BCUT2D eigenvalue weighted by atomic mass is 32.2. The zero-order chi connectivity index (χ0) is 17.9. The molecule has 1 fully saturated rings. The minimum absolute atomic E-state index is 0.0755. The lowest BCUT2D eigenvalue weighted by atomic mass is 10.1. The van der Waals surface area contributed by atoms with Crippen molar-refractivity contribution in [3.63, 3.8) is 0 Å². The molecule has 0 radical (unpaired) electrons. The number of likely N-dealkylation sites (tertiary alicyclic amines) is 1. The van der Waals surface area contributed by atoms with E-state index in [-0.39, 0.29) is 22.2 Å². The number of benzene rings is 1. The number of hydrogen-bond donors (Lipinski definition) is 1. The fourth-order valence-corrected chi connectivity index (χ4v) is 4.42. The third-order valence-corrected chi connectivity index (χ3v) is 5.90. The van der Waals surface area contributed by atoms with E-state index in [2.05, 4.69) is 20.9 Å². The molecular formula is C16H18N4O3S2.